The zero-order chi connectivity index (χ0) is 23.3. The van der Waals surface area contributed by atoms with Crippen molar-refractivity contribution in [3.63, 3.8) is 0 Å². The van der Waals surface area contributed by atoms with E-state index in [9.17, 15) is 4.79 Å². The Morgan fingerprint density at radius 2 is 2.15 bits per heavy atom. The van der Waals surface area contributed by atoms with Crippen LogP contribution in [0, 0.1) is 0 Å². The summed E-state index contributed by atoms with van der Waals surface area (Å²) in [7, 11) is 1.60. The van der Waals surface area contributed by atoms with Gasteiger partial charge in [0.2, 0.25) is 5.88 Å². The molecule has 11 heteroatoms. The van der Waals surface area contributed by atoms with Crippen LogP contribution in [-0.2, 0) is 10.3 Å². The van der Waals surface area contributed by atoms with Gasteiger partial charge in [-0.1, -0.05) is 0 Å². The molecule has 0 bridgehead atoms. The number of pyridine rings is 1. The number of aromatic nitrogens is 4. The van der Waals surface area contributed by atoms with Crippen LogP contribution in [0.15, 0.2) is 36.9 Å². The molecule has 2 N–H and O–H groups in total. The molecule has 1 fully saturated rings. The van der Waals surface area contributed by atoms with E-state index in [2.05, 4.69) is 30.0 Å². The molecule has 1 aliphatic rings. The van der Waals surface area contributed by atoms with E-state index in [-0.39, 0.29) is 12.5 Å². The second-order valence-corrected chi connectivity index (χ2v) is 9.91. The summed E-state index contributed by atoms with van der Waals surface area (Å²) in [6.45, 7) is 4.52. The predicted molar refractivity (Wildman–Crippen MR) is 129 cm³/mol. The number of amides is 1. The molecule has 0 aromatic carbocycles. The summed E-state index contributed by atoms with van der Waals surface area (Å²) in [5, 5.41) is 4.04. The fourth-order valence-electron chi connectivity index (χ4n) is 3.08. The SMILES string of the molecule is CCOc1cncc(-c2cnc(C(=O)N[C@@](C)(COC)c3cc(NSC4CC4)ccn3)s2)n1. The first-order valence-electron chi connectivity index (χ1n) is 10.6. The molecule has 1 saturated carbocycles. The monoisotopic (exact) mass is 486 g/mol. The van der Waals surface area contributed by atoms with Gasteiger partial charge in [0.05, 0.1) is 36.2 Å². The highest BCUT2D eigenvalue weighted by atomic mass is 32.2. The molecule has 3 heterocycles. The molecular formula is C22H26N6O3S2. The van der Waals surface area contributed by atoms with E-state index in [0.29, 0.717) is 34.1 Å². The number of carbonyl (C=O) groups excluding carboxylic acids is 1. The topological polar surface area (TPSA) is 111 Å². The van der Waals surface area contributed by atoms with Gasteiger partial charge < -0.3 is 19.5 Å². The second kappa shape index (κ2) is 10.4. The molecule has 33 heavy (non-hydrogen) atoms. The Morgan fingerprint density at radius 1 is 1.30 bits per heavy atom. The minimum atomic E-state index is -0.839. The average Bonchev–Trinajstić information content (AvgIpc) is 3.51. The molecule has 1 atom stereocenters. The van der Waals surface area contributed by atoms with Crippen molar-refractivity contribution >= 4 is 34.9 Å². The highest BCUT2D eigenvalue weighted by Crippen LogP contribution is 2.35. The number of rotatable bonds is 11. The van der Waals surface area contributed by atoms with Crippen LogP contribution < -0.4 is 14.8 Å². The van der Waals surface area contributed by atoms with Crippen LogP contribution in [0.1, 0.15) is 42.2 Å². The summed E-state index contributed by atoms with van der Waals surface area (Å²) in [6, 6.07) is 3.86. The van der Waals surface area contributed by atoms with Gasteiger partial charge >= 0.3 is 0 Å². The van der Waals surface area contributed by atoms with Crippen LogP contribution in [0.3, 0.4) is 0 Å². The Hall–Kier alpha value is -2.76. The molecule has 174 valence electrons. The minimum Gasteiger partial charge on any atom is -0.477 e. The molecule has 0 saturated heterocycles. The summed E-state index contributed by atoms with van der Waals surface area (Å²) in [4.78, 5) is 31.2. The van der Waals surface area contributed by atoms with E-state index in [0.717, 1.165) is 10.6 Å². The van der Waals surface area contributed by atoms with Gasteiger partial charge in [0.1, 0.15) is 11.2 Å². The Balaban J connectivity index is 1.50. The van der Waals surface area contributed by atoms with Gasteiger partial charge in [-0.15, -0.1) is 11.3 Å². The average molecular weight is 487 g/mol. The Labute approximate surface area is 200 Å². The lowest BCUT2D eigenvalue weighted by atomic mass is 9.97. The zero-order valence-electron chi connectivity index (χ0n) is 18.7. The van der Waals surface area contributed by atoms with Crippen molar-refractivity contribution in [1.29, 1.82) is 0 Å². The first-order valence-corrected chi connectivity index (χ1v) is 12.3. The largest absolute Gasteiger partial charge is 0.477 e. The third kappa shape index (κ3) is 5.98. The summed E-state index contributed by atoms with van der Waals surface area (Å²) >= 11 is 2.96. The van der Waals surface area contributed by atoms with E-state index < -0.39 is 5.54 Å². The Morgan fingerprint density at radius 3 is 2.91 bits per heavy atom. The maximum Gasteiger partial charge on any atom is 0.281 e. The number of carbonyl (C=O) groups is 1. The smallest absolute Gasteiger partial charge is 0.281 e. The first-order chi connectivity index (χ1) is 16.0. The van der Waals surface area contributed by atoms with Crippen LogP contribution in [0.2, 0.25) is 0 Å². The Kier molecular flexibility index (Phi) is 7.41. The van der Waals surface area contributed by atoms with Crippen molar-refractivity contribution in [1.82, 2.24) is 25.3 Å². The summed E-state index contributed by atoms with van der Waals surface area (Å²) in [5.41, 5.74) is 1.41. The van der Waals surface area contributed by atoms with Gasteiger partial charge in [0.25, 0.3) is 5.91 Å². The summed E-state index contributed by atoms with van der Waals surface area (Å²) in [5.74, 6) is 0.119. The van der Waals surface area contributed by atoms with E-state index in [1.807, 2.05) is 26.0 Å². The van der Waals surface area contributed by atoms with Gasteiger partial charge in [0.15, 0.2) is 5.01 Å². The molecule has 9 nitrogen and oxygen atoms in total. The van der Waals surface area contributed by atoms with Crippen molar-refractivity contribution in [3.05, 3.63) is 47.6 Å². The maximum absolute atomic E-state index is 13.1. The van der Waals surface area contributed by atoms with Gasteiger partial charge in [-0.25, -0.2) is 9.97 Å². The van der Waals surface area contributed by atoms with E-state index in [1.165, 1.54) is 24.2 Å². The third-order valence-corrected chi connectivity index (χ3v) is 7.05. The van der Waals surface area contributed by atoms with Crippen LogP contribution in [0.4, 0.5) is 5.69 Å². The number of nitrogens with one attached hydrogen (secondary N) is 2. The normalized spacial score (nSPS) is 15.0. The quantitative estimate of drug-likeness (QED) is 0.390. The van der Waals surface area contributed by atoms with Crippen molar-refractivity contribution in [2.45, 2.75) is 37.5 Å². The number of hydrogen-bond acceptors (Lipinski definition) is 10. The lowest BCUT2D eigenvalue weighted by Crippen LogP contribution is -2.47. The molecular weight excluding hydrogens is 460 g/mol. The second-order valence-electron chi connectivity index (χ2n) is 7.77. The van der Waals surface area contributed by atoms with Crippen molar-refractivity contribution < 1.29 is 14.3 Å². The molecule has 0 aliphatic heterocycles. The van der Waals surface area contributed by atoms with Crippen LogP contribution in [0.5, 0.6) is 5.88 Å². The molecule has 1 aliphatic carbocycles. The molecule has 4 rings (SSSR count). The first kappa shape index (κ1) is 23.4. The van der Waals surface area contributed by atoms with E-state index in [4.69, 9.17) is 9.47 Å². The fourth-order valence-corrected chi connectivity index (χ4v) is 4.65. The van der Waals surface area contributed by atoms with Gasteiger partial charge in [-0.2, -0.15) is 0 Å². The lowest BCUT2D eigenvalue weighted by molar-refractivity contribution is 0.0777. The molecule has 0 spiro atoms. The van der Waals surface area contributed by atoms with Crippen LogP contribution in [-0.4, -0.2) is 51.4 Å². The number of anilines is 1. The van der Waals surface area contributed by atoms with Crippen molar-refractivity contribution in [2.24, 2.45) is 0 Å². The van der Waals surface area contributed by atoms with Crippen molar-refractivity contribution in [2.75, 3.05) is 25.0 Å². The van der Waals surface area contributed by atoms with Crippen molar-refractivity contribution in [3.8, 4) is 16.5 Å². The predicted octanol–water partition coefficient (Wildman–Crippen LogP) is 3.91. The summed E-state index contributed by atoms with van der Waals surface area (Å²) < 4.78 is 14.2. The van der Waals surface area contributed by atoms with Gasteiger partial charge in [-0.05, 0) is 50.8 Å². The molecule has 0 radical (unpaired) electrons. The number of thiazole rings is 1. The van der Waals surface area contributed by atoms with Gasteiger partial charge in [-0.3, -0.25) is 14.8 Å². The molecule has 1 amide bonds. The highest BCUT2D eigenvalue weighted by molar-refractivity contribution is 8.01. The lowest BCUT2D eigenvalue weighted by Gasteiger charge is -2.29. The van der Waals surface area contributed by atoms with E-state index >= 15 is 0 Å². The van der Waals surface area contributed by atoms with E-state index in [1.54, 1.807) is 43.8 Å². The fraction of sp³-hybridized carbons (Fsp3) is 0.409. The van der Waals surface area contributed by atoms with Gasteiger partial charge in [0, 0.05) is 30.4 Å². The molecule has 0 unspecified atom stereocenters. The third-order valence-electron chi connectivity index (χ3n) is 4.87. The number of ether oxygens (including phenoxy) is 2. The Bertz CT molecular complexity index is 1110. The maximum atomic E-state index is 13.1. The van der Waals surface area contributed by atoms with Crippen LogP contribution in [0.25, 0.3) is 10.6 Å². The van der Waals surface area contributed by atoms with Crippen LogP contribution >= 0.6 is 23.3 Å². The highest BCUT2D eigenvalue weighted by Gasteiger charge is 2.32. The number of nitrogens with zero attached hydrogens (tertiary/aromatic N) is 4. The summed E-state index contributed by atoms with van der Waals surface area (Å²) in [6.07, 6.45) is 9.00. The molecule has 3 aromatic rings. The minimum absolute atomic E-state index is 0.255. The zero-order valence-corrected chi connectivity index (χ0v) is 20.3. The number of hydrogen-bond donors (Lipinski definition) is 2. The number of methoxy groups -OCH3 is 1. The standard InChI is InChI=1S/C22H26N6O3S2/c1-4-31-19-12-23-10-16(26-19)17-11-25-21(32-17)20(29)27-22(2,13-30-3)18-9-14(7-8-24-18)28-33-15-5-6-15/h7-12,15H,4-6,13H2,1-3H3,(H,24,28)(H,27,29)/t22-/m0/s1. The molecule has 3 aromatic heterocycles.